The Balaban J connectivity index is 2.28. The Labute approximate surface area is 399 Å². The third-order valence-corrected chi connectivity index (χ3v) is 10.8. The number of aromatic nitrogens is 2. The van der Waals surface area contributed by atoms with Crippen LogP contribution >= 0.6 is 0 Å². The second-order valence-corrected chi connectivity index (χ2v) is 18.4. The van der Waals surface area contributed by atoms with Crippen molar-refractivity contribution in [2.45, 2.75) is 154 Å². The van der Waals surface area contributed by atoms with Crippen LogP contribution < -0.4 is 48.7 Å². The van der Waals surface area contributed by atoms with Crippen LogP contribution in [0.1, 0.15) is 99.1 Å². The van der Waals surface area contributed by atoms with E-state index in [1.807, 2.05) is 13.8 Å². The van der Waals surface area contributed by atoms with Gasteiger partial charge in [0, 0.05) is 24.9 Å². The third kappa shape index (κ3) is 19.8. The van der Waals surface area contributed by atoms with Crippen molar-refractivity contribution in [3.05, 3.63) is 18.2 Å². The van der Waals surface area contributed by atoms with Crippen LogP contribution in [-0.4, -0.2) is 163 Å². The van der Waals surface area contributed by atoms with Gasteiger partial charge in [0.05, 0.1) is 31.8 Å². The number of likely N-dealkylation sites (tertiary alicyclic amines) is 1. The average Bonchev–Trinajstić information content (AvgIpc) is 3.96. The number of carbonyl (C=O) groups excluding carboxylic acids is 9. The van der Waals surface area contributed by atoms with Gasteiger partial charge in [0.15, 0.2) is 0 Å². The number of aliphatic hydroxyl groups is 1. The summed E-state index contributed by atoms with van der Waals surface area (Å²) >= 11 is 0. The van der Waals surface area contributed by atoms with Crippen LogP contribution in [0.15, 0.2) is 12.5 Å². The lowest BCUT2D eigenvalue weighted by atomic mass is 10.0. The van der Waals surface area contributed by atoms with Crippen LogP contribution in [0.5, 0.6) is 0 Å². The Morgan fingerprint density at radius 3 is 1.72 bits per heavy atom. The molecule has 0 radical (unpaired) electrons. The molecule has 386 valence electrons. The van der Waals surface area contributed by atoms with E-state index in [0.29, 0.717) is 5.69 Å². The molecule has 0 unspecified atom stereocenters. The zero-order valence-electron chi connectivity index (χ0n) is 40.0. The number of nitrogens with one attached hydrogen (secondary N) is 8. The van der Waals surface area contributed by atoms with E-state index in [1.165, 1.54) is 19.4 Å². The lowest BCUT2D eigenvalue weighted by Gasteiger charge is -2.31. The Kier molecular flexibility index (Phi) is 23.7. The third-order valence-electron chi connectivity index (χ3n) is 10.8. The summed E-state index contributed by atoms with van der Waals surface area (Å²) < 4.78 is 0. The highest BCUT2D eigenvalue weighted by Gasteiger charge is 2.41. The van der Waals surface area contributed by atoms with Crippen LogP contribution in [0.3, 0.4) is 0 Å². The molecular weight excluding hydrogens is 909 g/mol. The van der Waals surface area contributed by atoms with Crippen LogP contribution in [0.2, 0.25) is 0 Å². The normalized spacial score (nSPS) is 17.0. The van der Waals surface area contributed by atoms with Crippen molar-refractivity contribution in [1.29, 1.82) is 0 Å². The van der Waals surface area contributed by atoms with Gasteiger partial charge in [0.2, 0.25) is 53.2 Å². The lowest BCUT2D eigenvalue weighted by molar-refractivity contribution is -0.144. The molecule has 1 fully saturated rings. The zero-order chi connectivity index (χ0) is 52.3. The number of nitrogens with zero attached hydrogens (tertiary/aromatic N) is 2. The van der Waals surface area contributed by atoms with Crippen molar-refractivity contribution in [1.82, 2.24) is 52.1 Å². The van der Waals surface area contributed by atoms with E-state index in [1.54, 1.807) is 27.7 Å². The highest BCUT2D eigenvalue weighted by Crippen LogP contribution is 2.21. The number of carboxylic acids is 2. The van der Waals surface area contributed by atoms with Gasteiger partial charge in [-0.25, -0.2) is 9.78 Å². The zero-order valence-corrected chi connectivity index (χ0v) is 40.0. The van der Waals surface area contributed by atoms with Crippen molar-refractivity contribution in [3.8, 4) is 0 Å². The van der Waals surface area contributed by atoms with Crippen molar-refractivity contribution >= 4 is 65.1 Å². The van der Waals surface area contributed by atoms with Gasteiger partial charge in [-0.15, -0.1) is 0 Å². The summed E-state index contributed by atoms with van der Waals surface area (Å²) in [5.41, 5.74) is 11.8. The van der Waals surface area contributed by atoms with Gasteiger partial charge in [0.1, 0.15) is 48.3 Å². The number of amides is 9. The molecule has 9 amide bonds. The molecule has 26 heteroatoms. The topological polar surface area (TPSA) is 417 Å². The molecule has 1 saturated heterocycles. The van der Waals surface area contributed by atoms with Crippen molar-refractivity contribution < 1.29 is 68.1 Å². The van der Waals surface area contributed by atoms with Gasteiger partial charge in [-0.2, -0.15) is 0 Å². The second kappa shape index (κ2) is 28.0. The number of nitrogens with two attached hydrogens (primary N) is 2. The van der Waals surface area contributed by atoms with Crippen LogP contribution in [0.4, 0.5) is 0 Å². The molecule has 1 aromatic heterocycles. The highest BCUT2D eigenvalue weighted by atomic mass is 16.4. The fraction of sp³-hybridized carbons (Fsp3) is 0.674. The maximum Gasteiger partial charge on any atom is 0.326 e. The number of primary amides is 1. The van der Waals surface area contributed by atoms with E-state index in [-0.39, 0.29) is 62.8 Å². The molecular formula is C43H70N12O14. The first-order valence-electron chi connectivity index (χ1n) is 22.7. The summed E-state index contributed by atoms with van der Waals surface area (Å²) in [4.78, 5) is 151. The summed E-state index contributed by atoms with van der Waals surface area (Å²) in [6.07, 6.45) is 1.46. The van der Waals surface area contributed by atoms with Gasteiger partial charge in [0.25, 0.3) is 0 Å². The summed E-state index contributed by atoms with van der Waals surface area (Å²) in [6, 6.07) is -12.7. The number of carboxylic acid groups (broad SMARTS) is 2. The maximum atomic E-state index is 14.2. The highest BCUT2D eigenvalue weighted by molar-refractivity contribution is 5.99. The molecule has 0 aliphatic carbocycles. The molecule has 0 bridgehead atoms. The number of aromatic amines is 1. The maximum absolute atomic E-state index is 14.2. The molecule has 1 aromatic rings. The number of hydrogen-bond donors (Lipinski definition) is 13. The monoisotopic (exact) mass is 979 g/mol. The second-order valence-electron chi connectivity index (χ2n) is 18.4. The Morgan fingerprint density at radius 2 is 1.19 bits per heavy atom. The van der Waals surface area contributed by atoms with Crippen molar-refractivity contribution in [2.75, 3.05) is 13.2 Å². The molecule has 9 atom stereocenters. The largest absolute Gasteiger partial charge is 0.481 e. The fourth-order valence-electron chi connectivity index (χ4n) is 7.36. The predicted molar refractivity (Wildman–Crippen MR) is 243 cm³/mol. The molecule has 1 aliphatic heterocycles. The number of imidazole rings is 1. The van der Waals surface area contributed by atoms with E-state index in [0.717, 1.165) is 4.90 Å². The van der Waals surface area contributed by atoms with Gasteiger partial charge in [-0.3, -0.25) is 47.9 Å². The molecule has 26 nitrogen and oxygen atoms in total. The SMILES string of the molecule is CC(C)C[C@H](NC(=O)[C@H](CC(=O)O)NC(=O)[C@H](C)NC(=O)[C@H](CC(C)C)NC(=O)[C@@H]1CCCN1C(=O)[C@H](CC(N)=O)NC(=O)[C@H](Cc1cnc[nH]1)NC(=O)[C@H](CO)NC(=O)[C@@H](N)CC(C)C)C(=O)O. The van der Waals surface area contributed by atoms with E-state index in [2.05, 4.69) is 47.2 Å². The molecule has 0 spiro atoms. The smallest absolute Gasteiger partial charge is 0.326 e. The van der Waals surface area contributed by atoms with Crippen molar-refractivity contribution in [2.24, 2.45) is 29.2 Å². The van der Waals surface area contributed by atoms with Crippen LogP contribution in [0, 0.1) is 17.8 Å². The molecule has 0 aromatic carbocycles. The first kappa shape index (κ1) is 58.4. The molecule has 1 aliphatic rings. The number of hydrogen-bond acceptors (Lipinski definition) is 14. The summed E-state index contributed by atoms with van der Waals surface area (Å²) in [5, 5.41) is 45.7. The molecule has 2 heterocycles. The summed E-state index contributed by atoms with van der Waals surface area (Å²) in [6.45, 7) is 10.9. The fourth-order valence-corrected chi connectivity index (χ4v) is 7.36. The Morgan fingerprint density at radius 1 is 0.667 bits per heavy atom. The quantitative estimate of drug-likeness (QED) is 0.0367. The van der Waals surface area contributed by atoms with Gasteiger partial charge < -0.3 is 73.9 Å². The van der Waals surface area contributed by atoms with Crippen molar-refractivity contribution in [3.63, 3.8) is 0 Å². The van der Waals surface area contributed by atoms with Crippen LogP contribution in [0.25, 0.3) is 0 Å². The minimum absolute atomic E-state index is 0.0166. The number of H-pyrrole nitrogens is 1. The number of aliphatic hydroxyl groups excluding tert-OH is 1. The molecule has 15 N–H and O–H groups in total. The van der Waals surface area contributed by atoms with E-state index >= 15 is 0 Å². The van der Waals surface area contributed by atoms with Gasteiger partial charge in [-0.05, 0) is 56.8 Å². The predicted octanol–water partition coefficient (Wildman–Crippen LogP) is -3.75. The van der Waals surface area contributed by atoms with Gasteiger partial charge in [-0.1, -0.05) is 41.5 Å². The van der Waals surface area contributed by atoms with E-state index in [9.17, 15) is 68.1 Å². The van der Waals surface area contributed by atoms with Crippen LogP contribution in [-0.2, 0) is 59.2 Å². The van der Waals surface area contributed by atoms with E-state index in [4.69, 9.17) is 11.5 Å². The average molecular weight is 979 g/mol. The molecule has 2 rings (SSSR count). The Hall–Kier alpha value is -6.70. The number of carbonyl (C=O) groups is 11. The standard InChI is InChI=1S/C43H70N12O14/c1-20(2)11-25(44)36(61)54-31(18-56)40(65)50-27(14-24-17-46-19-47-24)38(63)52-29(15-33(45)57)42(67)55-10-8-9-32(55)41(66)51-26(12-21(3)4)37(62)48-23(7)35(60)49-28(16-34(58)59)39(64)53-30(43(68)69)13-22(5)6/h17,19-23,25-32,56H,8-16,18,44H2,1-7H3,(H2,45,57)(H,46,47)(H,48,62)(H,49,60)(H,50,65)(H,51,66)(H,52,63)(H,53,64)(H,54,61)(H,58,59)(H,68,69)/t23-,25-,26-,27-,28-,29-,30-,31-,32-/m0/s1. The minimum Gasteiger partial charge on any atom is -0.481 e. The van der Waals surface area contributed by atoms with E-state index < -0.39 is 139 Å². The summed E-state index contributed by atoms with van der Waals surface area (Å²) in [7, 11) is 0. The molecule has 0 saturated carbocycles. The number of rotatable bonds is 29. The Bertz CT molecular complexity index is 1980. The summed E-state index contributed by atoms with van der Waals surface area (Å²) in [5.74, 6) is -11.5. The lowest BCUT2D eigenvalue weighted by Crippen LogP contribution is -2.61. The number of aliphatic carboxylic acids is 2. The minimum atomic E-state index is -1.72. The first-order chi connectivity index (χ1) is 32.2. The molecule has 69 heavy (non-hydrogen) atoms. The van der Waals surface area contributed by atoms with Gasteiger partial charge >= 0.3 is 11.9 Å². The first-order valence-corrected chi connectivity index (χ1v) is 22.7.